The summed E-state index contributed by atoms with van der Waals surface area (Å²) in [5.74, 6) is 0.999. The summed E-state index contributed by atoms with van der Waals surface area (Å²) in [4.78, 5) is 2.42. The first-order chi connectivity index (χ1) is 10.3. The second kappa shape index (κ2) is 6.92. The molecular formula is C18H24N2O. The van der Waals surface area contributed by atoms with Crippen molar-refractivity contribution in [3.8, 4) is 0 Å². The zero-order valence-electron chi connectivity index (χ0n) is 12.7. The molecule has 1 fully saturated rings. The molecule has 0 aliphatic carbocycles. The van der Waals surface area contributed by atoms with Crippen molar-refractivity contribution in [1.29, 1.82) is 0 Å². The van der Waals surface area contributed by atoms with E-state index in [2.05, 4.69) is 53.7 Å². The zero-order valence-corrected chi connectivity index (χ0v) is 12.7. The van der Waals surface area contributed by atoms with Gasteiger partial charge >= 0.3 is 0 Å². The number of rotatable bonds is 4. The molecular weight excluding hydrogens is 260 g/mol. The van der Waals surface area contributed by atoms with Crippen molar-refractivity contribution in [3.05, 3.63) is 60.1 Å². The smallest absolute Gasteiger partial charge is 0.125 e. The highest BCUT2D eigenvalue weighted by Crippen LogP contribution is 2.24. The van der Waals surface area contributed by atoms with Gasteiger partial charge in [-0.15, -0.1) is 0 Å². The summed E-state index contributed by atoms with van der Waals surface area (Å²) in [6, 6.07) is 15.3. The number of nitrogens with zero attached hydrogens (tertiary/aromatic N) is 1. The Morgan fingerprint density at radius 3 is 2.71 bits per heavy atom. The summed E-state index contributed by atoms with van der Waals surface area (Å²) in [5, 5.41) is 3.81. The van der Waals surface area contributed by atoms with E-state index >= 15 is 0 Å². The molecule has 3 nitrogen and oxygen atoms in total. The average molecular weight is 284 g/mol. The Morgan fingerprint density at radius 2 is 1.95 bits per heavy atom. The molecule has 1 aliphatic heterocycles. The Labute approximate surface area is 127 Å². The van der Waals surface area contributed by atoms with E-state index in [0.717, 1.165) is 12.3 Å². The maximum absolute atomic E-state index is 5.67. The third-order valence-corrected chi connectivity index (χ3v) is 4.31. The van der Waals surface area contributed by atoms with Crippen molar-refractivity contribution in [2.45, 2.75) is 31.3 Å². The standard InChI is InChI=1S/C18H24N2O/c1-20-12-5-9-16(11-13-20)19-18(17-10-6-14-21-17)15-7-3-2-4-8-15/h2-4,6-8,10,14,16,18-19H,5,9,11-13H2,1H3. The lowest BCUT2D eigenvalue weighted by Crippen LogP contribution is -2.34. The number of furan rings is 1. The number of likely N-dealkylation sites (tertiary alicyclic amines) is 1. The van der Waals surface area contributed by atoms with Crippen LogP contribution in [0.4, 0.5) is 0 Å². The Kier molecular flexibility index (Phi) is 4.73. The first-order valence-corrected chi connectivity index (χ1v) is 7.86. The van der Waals surface area contributed by atoms with E-state index in [1.807, 2.05) is 6.07 Å². The molecule has 1 N–H and O–H groups in total. The molecule has 2 aromatic rings. The maximum Gasteiger partial charge on any atom is 0.125 e. The van der Waals surface area contributed by atoms with E-state index in [0.29, 0.717) is 6.04 Å². The normalized spacial score (nSPS) is 21.9. The van der Waals surface area contributed by atoms with Gasteiger partial charge < -0.3 is 14.6 Å². The molecule has 3 rings (SSSR count). The van der Waals surface area contributed by atoms with Gasteiger partial charge in [0.25, 0.3) is 0 Å². The van der Waals surface area contributed by atoms with Crippen LogP contribution >= 0.6 is 0 Å². The lowest BCUT2D eigenvalue weighted by atomic mass is 10.0. The van der Waals surface area contributed by atoms with Crippen molar-refractivity contribution in [1.82, 2.24) is 10.2 Å². The van der Waals surface area contributed by atoms with Crippen molar-refractivity contribution in [3.63, 3.8) is 0 Å². The van der Waals surface area contributed by atoms with Crippen LogP contribution in [0.25, 0.3) is 0 Å². The van der Waals surface area contributed by atoms with Gasteiger partial charge in [-0.25, -0.2) is 0 Å². The molecule has 0 bridgehead atoms. The molecule has 1 aromatic heterocycles. The third-order valence-electron chi connectivity index (χ3n) is 4.31. The highest BCUT2D eigenvalue weighted by molar-refractivity contribution is 5.26. The predicted molar refractivity (Wildman–Crippen MR) is 85.3 cm³/mol. The summed E-state index contributed by atoms with van der Waals surface area (Å²) < 4.78 is 5.67. The zero-order chi connectivity index (χ0) is 14.5. The molecule has 1 saturated heterocycles. The molecule has 2 unspecified atom stereocenters. The molecule has 2 atom stereocenters. The van der Waals surface area contributed by atoms with Crippen molar-refractivity contribution in [2.75, 3.05) is 20.1 Å². The number of benzene rings is 1. The van der Waals surface area contributed by atoms with Crippen molar-refractivity contribution >= 4 is 0 Å². The molecule has 0 amide bonds. The SMILES string of the molecule is CN1CCCC(NC(c2ccccc2)c2ccco2)CC1. The van der Waals surface area contributed by atoms with Gasteiger partial charge in [-0.05, 0) is 57.1 Å². The molecule has 0 spiro atoms. The molecule has 3 heteroatoms. The van der Waals surface area contributed by atoms with Gasteiger partial charge in [-0.1, -0.05) is 30.3 Å². The van der Waals surface area contributed by atoms with Gasteiger partial charge in [0, 0.05) is 6.04 Å². The first-order valence-electron chi connectivity index (χ1n) is 7.86. The van der Waals surface area contributed by atoms with E-state index in [9.17, 15) is 0 Å². The fourth-order valence-corrected chi connectivity index (χ4v) is 3.09. The van der Waals surface area contributed by atoms with Crippen LogP contribution in [0.2, 0.25) is 0 Å². The quantitative estimate of drug-likeness (QED) is 0.932. The highest BCUT2D eigenvalue weighted by Gasteiger charge is 2.22. The van der Waals surface area contributed by atoms with Gasteiger partial charge in [0.1, 0.15) is 5.76 Å². The van der Waals surface area contributed by atoms with E-state index < -0.39 is 0 Å². The van der Waals surface area contributed by atoms with Crippen LogP contribution < -0.4 is 5.32 Å². The minimum Gasteiger partial charge on any atom is -0.467 e. The molecule has 1 aromatic carbocycles. The van der Waals surface area contributed by atoms with Gasteiger partial charge in [-0.3, -0.25) is 0 Å². The first kappa shape index (κ1) is 14.4. The summed E-state index contributed by atoms with van der Waals surface area (Å²) >= 11 is 0. The Morgan fingerprint density at radius 1 is 1.10 bits per heavy atom. The highest BCUT2D eigenvalue weighted by atomic mass is 16.3. The fraction of sp³-hybridized carbons (Fsp3) is 0.444. The van der Waals surface area contributed by atoms with Crippen molar-refractivity contribution < 1.29 is 4.42 Å². The Bertz CT molecular complexity index is 523. The largest absolute Gasteiger partial charge is 0.467 e. The second-order valence-corrected chi connectivity index (χ2v) is 5.96. The molecule has 2 heterocycles. The average Bonchev–Trinajstić information content (AvgIpc) is 2.96. The number of hydrogen-bond donors (Lipinski definition) is 1. The van der Waals surface area contributed by atoms with E-state index in [-0.39, 0.29) is 6.04 Å². The lowest BCUT2D eigenvalue weighted by Gasteiger charge is -2.24. The molecule has 112 valence electrons. The van der Waals surface area contributed by atoms with Crippen LogP contribution in [-0.2, 0) is 0 Å². The molecule has 1 aliphatic rings. The second-order valence-electron chi connectivity index (χ2n) is 5.96. The van der Waals surface area contributed by atoms with Crippen LogP contribution in [-0.4, -0.2) is 31.1 Å². The minimum absolute atomic E-state index is 0.148. The van der Waals surface area contributed by atoms with Gasteiger partial charge in [-0.2, -0.15) is 0 Å². The monoisotopic (exact) mass is 284 g/mol. The molecule has 0 radical (unpaired) electrons. The van der Waals surface area contributed by atoms with Gasteiger partial charge in [0.05, 0.1) is 12.3 Å². The Balaban J connectivity index is 1.77. The minimum atomic E-state index is 0.148. The van der Waals surface area contributed by atoms with Gasteiger partial charge in [0.2, 0.25) is 0 Å². The maximum atomic E-state index is 5.67. The Hall–Kier alpha value is -1.58. The number of hydrogen-bond acceptors (Lipinski definition) is 3. The number of nitrogens with one attached hydrogen (secondary N) is 1. The summed E-state index contributed by atoms with van der Waals surface area (Å²) in [7, 11) is 2.21. The van der Waals surface area contributed by atoms with E-state index in [1.165, 1.54) is 31.4 Å². The summed E-state index contributed by atoms with van der Waals surface area (Å²) in [5.41, 5.74) is 1.27. The van der Waals surface area contributed by atoms with E-state index in [4.69, 9.17) is 4.42 Å². The predicted octanol–water partition coefficient (Wildman–Crippen LogP) is 3.44. The molecule has 21 heavy (non-hydrogen) atoms. The summed E-state index contributed by atoms with van der Waals surface area (Å²) in [6.07, 6.45) is 5.44. The van der Waals surface area contributed by atoms with Crippen LogP contribution in [0.3, 0.4) is 0 Å². The van der Waals surface area contributed by atoms with Crippen LogP contribution in [0.5, 0.6) is 0 Å². The van der Waals surface area contributed by atoms with E-state index in [1.54, 1.807) is 6.26 Å². The molecule has 0 saturated carbocycles. The summed E-state index contributed by atoms with van der Waals surface area (Å²) in [6.45, 7) is 2.37. The fourth-order valence-electron chi connectivity index (χ4n) is 3.09. The van der Waals surface area contributed by atoms with Crippen molar-refractivity contribution in [2.24, 2.45) is 0 Å². The van der Waals surface area contributed by atoms with Crippen LogP contribution in [0.1, 0.15) is 36.6 Å². The van der Waals surface area contributed by atoms with Gasteiger partial charge in [0.15, 0.2) is 0 Å². The van der Waals surface area contributed by atoms with Crippen LogP contribution in [0, 0.1) is 0 Å². The lowest BCUT2D eigenvalue weighted by molar-refractivity contribution is 0.337. The topological polar surface area (TPSA) is 28.4 Å². The van der Waals surface area contributed by atoms with Crippen LogP contribution in [0.15, 0.2) is 53.1 Å². The third kappa shape index (κ3) is 3.74.